The van der Waals surface area contributed by atoms with Gasteiger partial charge in [-0.15, -0.1) is 11.3 Å². The second kappa shape index (κ2) is 3.40. The van der Waals surface area contributed by atoms with E-state index in [9.17, 15) is 0 Å². The minimum atomic E-state index is 0.375. The molecule has 0 radical (unpaired) electrons. The Morgan fingerprint density at radius 3 is 2.77 bits per heavy atom. The molecule has 0 spiro atoms. The summed E-state index contributed by atoms with van der Waals surface area (Å²) < 4.78 is 0. The largest absolute Gasteiger partial charge is 0.271 e. The van der Waals surface area contributed by atoms with Crippen molar-refractivity contribution < 1.29 is 0 Å². The van der Waals surface area contributed by atoms with E-state index in [1.54, 1.807) is 11.3 Å². The maximum atomic E-state index is 5.57. The van der Waals surface area contributed by atoms with E-state index in [-0.39, 0.29) is 0 Å². The van der Waals surface area contributed by atoms with Gasteiger partial charge in [-0.25, -0.2) is 0 Å². The average molecular weight is 196 g/mol. The molecular formula is C10H16N2S. The van der Waals surface area contributed by atoms with Gasteiger partial charge in [0.05, 0.1) is 0 Å². The van der Waals surface area contributed by atoms with Gasteiger partial charge in [0.25, 0.3) is 0 Å². The summed E-state index contributed by atoms with van der Waals surface area (Å²) in [5.41, 5.74) is 4.29. The molecule has 1 heterocycles. The Bertz CT molecular complexity index is 295. The van der Waals surface area contributed by atoms with E-state index in [1.165, 1.54) is 16.9 Å². The van der Waals surface area contributed by atoms with Crippen molar-refractivity contribution in [1.82, 2.24) is 5.43 Å². The molecule has 72 valence electrons. The van der Waals surface area contributed by atoms with Gasteiger partial charge in [0, 0.05) is 10.9 Å². The van der Waals surface area contributed by atoms with Gasteiger partial charge < -0.3 is 0 Å². The molecule has 13 heavy (non-hydrogen) atoms. The van der Waals surface area contributed by atoms with Gasteiger partial charge in [-0.05, 0) is 42.2 Å². The summed E-state index contributed by atoms with van der Waals surface area (Å²) in [7, 11) is 0. The Labute approximate surface area is 83.1 Å². The minimum absolute atomic E-state index is 0.375. The summed E-state index contributed by atoms with van der Waals surface area (Å²) in [5, 5.41) is 2.21. The van der Waals surface area contributed by atoms with Crippen LogP contribution >= 0.6 is 11.3 Å². The van der Waals surface area contributed by atoms with E-state index in [1.807, 2.05) is 0 Å². The van der Waals surface area contributed by atoms with Crippen molar-refractivity contribution >= 4 is 11.3 Å². The van der Waals surface area contributed by atoms with Crippen LogP contribution in [0.4, 0.5) is 0 Å². The third-order valence-corrected chi connectivity index (χ3v) is 3.77. The molecule has 1 fully saturated rings. The van der Waals surface area contributed by atoms with Crippen molar-refractivity contribution in [2.24, 2.45) is 17.7 Å². The highest BCUT2D eigenvalue weighted by molar-refractivity contribution is 7.10. The van der Waals surface area contributed by atoms with Crippen LogP contribution in [0.2, 0.25) is 0 Å². The molecule has 0 aliphatic heterocycles. The fourth-order valence-corrected chi connectivity index (χ4v) is 2.65. The van der Waals surface area contributed by atoms with Crippen molar-refractivity contribution in [2.75, 3.05) is 0 Å². The third-order valence-electron chi connectivity index (χ3n) is 2.89. The maximum Gasteiger partial charge on any atom is 0.0499 e. The lowest BCUT2D eigenvalue weighted by Gasteiger charge is -2.13. The maximum absolute atomic E-state index is 5.57. The van der Waals surface area contributed by atoms with Crippen molar-refractivity contribution in [1.29, 1.82) is 0 Å². The lowest BCUT2D eigenvalue weighted by Crippen LogP contribution is -2.29. The van der Waals surface area contributed by atoms with Crippen molar-refractivity contribution in [3.63, 3.8) is 0 Å². The minimum Gasteiger partial charge on any atom is -0.271 e. The molecule has 1 aliphatic carbocycles. The molecular weight excluding hydrogens is 180 g/mol. The summed E-state index contributed by atoms with van der Waals surface area (Å²) in [4.78, 5) is 1.36. The zero-order chi connectivity index (χ0) is 9.42. The van der Waals surface area contributed by atoms with Crippen LogP contribution in [0.15, 0.2) is 11.4 Å². The Hall–Kier alpha value is -0.380. The first-order valence-corrected chi connectivity index (χ1v) is 5.61. The van der Waals surface area contributed by atoms with Crippen LogP contribution in [0.25, 0.3) is 0 Å². The summed E-state index contributed by atoms with van der Waals surface area (Å²) in [6.45, 7) is 4.42. The highest BCUT2D eigenvalue weighted by Gasteiger charge is 2.39. The fourth-order valence-electron chi connectivity index (χ4n) is 1.91. The summed E-state index contributed by atoms with van der Waals surface area (Å²) in [6, 6.07) is 2.61. The topological polar surface area (TPSA) is 38.0 Å². The molecule has 3 unspecified atom stereocenters. The Morgan fingerprint density at radius 1 is 1.69 bits per heavy atom. The fraction of sp³-hybridized carbons (Fsp3) is 0.600. The number of thiophene rings is 1. The lowest BCUT2D eigenvalue weighted by atomic mass is 10.1. The Kier molecular flexibility index (Phi) is 2.41. The Balaban J connectivity index is 2.13. The van der Waals surface area contributed by atoms with Gasteiger partial charge in [-0.2, -0.15) is 0 Å². The summed E-state index contributed by atoms with van der Waals surface area (Å²) >= 11 is 1.80. The standard InChI is InChI=1S/C10H16N2S/c1-6-3-9(6)10(12-11)8-4-7(2)13-5-8/h4-6,9-10,12H,3,11H2,1-2H3. The first kappa shape index (κ1) is 9.19. The summed E-state index contributed by atoms with van der Waals surface area (Å²) in [6.07, 6.45) is 1.31. The molecule has 1 aliphatic rings. The van der Waals surface area contributed by atoms with Crippen LogP contribution < -0.4 is 11.3 Å². The zero-order valence-electron chi connectivity index (χ0n) is 8.08. The number of rotatable bonds is 3. The smallest absolute Gasteiger partial charge is 0.0499 e. The highest BCUT2D eigenvalue weighted by atomic mass is 32.1. The molecule has 3 N–H and O–H groups in total. The van der Waals surface area contributed by atoms with E-state index >= 15 is 0 Å². The van der Waals surface area contributed by atoms with Crippen molar-refractivity contribution in [3.8, 4) is 0 Å². The molecule has 0 amide bonds. The molecule has 0 aromatic carbocycles. The first-order chi connectivity index (χ1) is 6.22. The molecule has 0 bridgehead atoms. The van der Waals surface area contributed by atoms with Gasteiger partial charge in [-0.3, -0.25) is 11.3 Å². The molecule has 2 rings (SSSR count). The lowest BCUT2D eigenvalue weighted by molar-refractivity contribution is 0.477. The van der Waals surface area contributed by atoms with Crippen molar-refractivity contribution in [3.05, 3.63) is 21.9 Å². The number of hydrazine groups is 1. The van der Waals surface area contributed by atoms with E-state index in [4.69, 9.17) is 5.84 Å². The summed E-state index contributed by atoms with van der Waals surface area (Å²) in [5.74, 6) is 7.16. The van der Waals surface area contributed by atoms with E-state index in [0.29, 0.717) is 6.04 Å². The third kappa shape index (κ3) is 1.77. The van der Waals surface area contributed by atoms with Crippen LogP contribution in [0, 0.1) is 18.8 Å². The quantitative estimate of drug-likeness (QED) is 0.574. The second-order valence-electron chi connectivity index (χ2n) is 4.01. The molecule has 2 nitrogen and oxygen atoms in total. The SMILES string of the molecule is Cc1cc(C(NN)C2CC2C)cs1. The van der Waals surface area contributed by atoms with Crippen LogP contribution in [0.5, 0.6) is 0 Å². The predicted molar refractivity (Wildman–Crippen MR) is 56.4 cm³/mol. The molecule has 1 aromatic heterocycles. The normalized spacial score (nSPS) is 28.8. The van der Waals surface area contributed by atoms with E-state index < -0.39 is 0 Å². The van der Waals surface area contributed by atoms with Crippen molar-refractivity contribution in [2.45, 2.75) is 26.3 Å². The van der Waals surface area contributed by atoms with E-state index in [0.717, 1.165) is 11.8 Å². The van der Waals surface area contributed by atoms with Gasteiger partial charge in [0.15, 0.2) is 0 Å². The molecule has 3 atom stereocenters. The van der Waals surface area contributed by atoms with Gasteiger partial charge in [0.1, 0.15) is 0 Å². The first-order valence-electron chi connectivity index (χ1n) is 4.73. The zero-order valence-corrected chi connectivity index (χ0v) is 8.90. The number of nitrogens with two attached hydrogens (primary N) is 1. The van der Waals surface area contributed by atoms with Gasteiger partial charge >= 0.3 is 0 Å². The average Bonchev–Trinajstić information content (AvgIpc) is 2.62. The number of hydrogen-bond acceptors (Lipinski definition) is 3. The second-order valence-corrected chi connectivity index (χ2v) is 5.13. The number of aryl methyl sites for hydroxylation is 1. The van der Waals surface area contributed by atoms with E-state index in [2.05, 4.69) is 30.7 Å². The molecule has 0 saturated heterocycles. The van der Waals surface area contributed by atoms with Crippen LogP contribution in [-0.4, -0.2) is 0 Å². The van der Waals surface area contributed by atoms with Crippen LogP contribution in [-0.2, 0) is 0 Å². The highest BCUT2D eigenvalue weighted by Crippen LogP contribution is 2.47. The van der Waals surface area contributed by atoms with Crippen LogP contribution in [0.1, 0.15) is 29.8 Å². The van der Waals surface area contributed by atoms with Gasteiger partial charge in [-0.1, -0.05) is 6.92 Å². The Morgan fingerprint density at radius 2 is 2.38 bits per heavy atom. The predicted octanol–water partition coefficient (Wildman–Crippen LogP) is 2.22. The molecule has 3 heteroatoms. The monoisotopic (exact) mass is 196 g/mol. The van der Waals surface area contributed by atoms with Gasteiger partial charge in [0.2, 0.25) is 0 Å². The number of hydrogen-bond donors (Lipinski definition) is 2. The molecule has 1 aromatic rings. The number of nitrogens with one attached hydrogen (secondary N) is 1. The van der Waals surface area contributed by atoms with Crippen LogP contribution in [0.3, 0.4) is 0 Å². The molecule has 1 saturated carbocycles.